The van der Waals surface area contributed by atoms with Gasteiger partial charge in [0.15, 0.2) is 0 Å². The molecule has 0 spiro atoms. The van der Waals surface area contributed by atoms with Gasteiger partial charge >= 0.3 is 0 Å². The van der Waals surface area contributed by atoms with Crippen molar-refractivity contribution in [1.29, 1.82) is 0 Å². The van der Waals surface area contributed by atoms with Crippen molar-refractivity contribution in [3.8, 4) is 5.75 Å². The van der Waals surface area contributed by atoms with Crippen LogP contribution in [0.3, 0.4) is 0 Å². The molecule has 3 aromatic rings. The molecule has 5 nitrogen and oxygen atoms in total. The largest absolute Gasteiger partial charge is 0.487 e. The summed E-state index contributed by atoms with van der Waals surface area (Å²) in [5.74, 6) is 0.301. The first-order valence-electron chi connectivity index (χ1n) is 9.47. The SMILES string of the molecule is CNC(=O)c1cccc(Nc2cccc(N3CC(Oc4ccc(F)cc4)C3)c2)c1. The van der Waals surface area contributed by atoms with Crippen LogP contribution in [0.4, 0.5) is 21.5 Å². The van der Waals surface area contributed by atoms with Crippen LogP contribution in [-0.4, -0.2) is 32.1 Å². The van der Waals surface area contributed by atoms with Crippen molar-refractivity contribution in [1.82, 2.24) is 5.32 Å². The molecule has 4 rings (SSSR count). The molecule has 0 bridgehead atoms. The molecule has 1 aliphatic rings. The fourth-order valence-electron chi connectivity index (χ4n) is 3.26. The predicted octanol–water partition coefficient (Wildman–Crippen LogP) is 4.20. The average molecular weight is 391 g/mol. The molecule has 0 aliphatic carbocycles. The molecule has 6 heteroatoms. The summed E-state index contributed by atoms with van der Waals surface area (Å²) in [6, 6.07) is 21.6. The molecule has 148 valence electrons. The van der Waals surface area contributed by atoms with E-state index >= 15 is 0 Å². The Balaban J connectivity index is 1.37. The number of anilines is 3. The lowest BCUT2D eigenvalue weighted by Gasteiger charge is -2.40. The van der Waals surface area contributed by atoms with E-state index in [9.17, 15) is 9.18 Å². The van der Waals surface area contributed by atoms with Gasteiger partial charge in [0, 0.05) is 29.7 Å². The van der Waals surface area contributed by atoms with Gasteiger partial charge < -0.3 is 20.3 Å². The van der Waals surface area contributed by atoms with E-state index in [2.05, 4.69) is 27.7 Å². The minimum absolute atomic E-state index is 0.0846. The highest BCUT2D eigenvalue weighted by Crippen LogP contribution is 2.28. The summed E-state index contributed by atoms with van der Waals surface area (Å²) in [7, 11) is 1.62. The number of nitrogens with one attached hydrogen (secondary N) is 2. The zero-order valence-electron chi connectivity index (χ0n) is 16.1. The van der Waals surface area contributed by atoms with Crippen molar-refractivity contribution < 1.29 is 13.9 Å². The lowest BCUT2D eigenvalue weighted by molar-refractivity contribution is 0.0963. The van der Waals surface area contributed by atoms with Crippen LogP contribution in [0, 0.1) is 5.82 Å². The van der Waals surface area contributed by atoms with Crippen molar-refractivity contribution in [2.24, 2.45) is 0 Å². The van der Waals surface area contributed by atoms with Crippen molar-refractivity contribution in [2.45, 2.75) is 6.10 Å². The van der Waals surface area contributed by atoms with Crippen LogP contribution in [0.5, 0.6) is 5.75 Å². The van der Waals surface area contributed by atoms with E-state index in [-0.39, 0.29) is 17.8 Å². The van der Waals surface area contributed by atoms with Crippen LogP contribution in [0.25, 0.3) is 0 Å². The van der Waals surface area contributed by atoms with E-state index < -0.39 is 0 Å². The second-order valence-corrected chi connectivity index (χ2v) is 6.93. The molecule has 1 saturated heterocycles. The highest BCUT2D eigenvalue weighted by Gasteiger charge is 2.28. The van der Waals surface area contributed by atoms with Crippen LogP contribution in [0.1, 0.15) is 10.4 Å². The first-order chi connectivity index (χ1) is 14.1. The van der Waals surface area contributed by atoms with E-state index in [1.54, 1.807) is 25.2 Å². The van der Waals surface area contributed by atoms with Crippen LogP contribution < -0.4 is 20.3 Å². The van der Waals surface area contributed by atoms with Gasteiger partial charge in [-0.05, 0) is 60.7 Å². The molecule has 1 amide bonds. The van der Waals surface area contributed by atoms with Crippen LogP contribution in [0.2, 0.25) is 0 Å². The van der Waals surface area contributed by atoms with Gasteiger partial charge in [-0.1, -0.05) is 12.1 Å². The third kappa shape index (κ3) is 4.48. The molecule has 3 aromatic carbocycles. The van der Waals surface area contributed by atoms with Crippen molar-refractivity contribution in [3.63, 3.8) is 0 Å². The Hall–Kier alpha value is -3.54. The summed E-state index contributed by atoms with van der Waals surface area (Å²) in [6.07, 6.45) is 0.0846. The fraction of sp³-hybridized carbons (Fsp3) is 0.174. The predicted molar refractivity (Wildman–Crippen MR) is 113 cm³/mol. The van der Waals surface area contributed by atoms with E-state index in [0.29, 0.717) is 11.3 Å². The molecular formula is C23H22FN3O2. The number of rotatable bonds is 6. The molecule has 29 heavy (non-hydrogen) atoms. The molecule has 0 aromatic heterocycles. The van der Waals surface area contributed by atoms with E-state index in [1.165, 1.54) is 12.1 Å². The molecule has 1 aliphatic heterocycles. The number of carbonyl (C=O) groups excluding carboxylic acids is 1. The Morgan fingerprint density at radius 1 is 1.00 bits per heavy atom. The second-order valence-electron chi connectivity index (χ2n) is 6.93. The second kappa shape index (κ2) is 8.22. The van der Waals surface area contributed by atoms with Crippen LogP contribution in [0.15, 0.2) is 72.8 Å². The zero-order valence-corrected chi connectivity index (χ0v) is 16.1. The number of carbonyl (C=O) groups is 1. The maximum absolute atomic E-state index is 13.0. The first kappa shape index (κ1) is 18.8. The van der Waals surface area contributed by atoms with Gasteiger partial charge in [-0.2, -0.15) is 0 Å². The highest BCUT2D eigenvalue weighted by molar-refractivity contribution is 5.95. The average Bonchev–Trinajstić information content (AvgIpc) is 2.71. The number of amides is 1. The first-order valence-corrected chi connectivity index (χ1v) is 9.47. The van der Waals surface area contributed by atoms with Gasteiger partial charge in [-0.3, -0.25) is 4.79 Å². The highest BCUT2D eigenvalue weighted by atomic mass is 19.1. The third-order valence-electron chi connectivity index (χ3n) is 4.82. The van der Waals surface area contributed by atoms with Gasteiger partial charge in [0.1, 0.15) is 17.7 Å². The summed E-state index contributed by atoms with van der Waals surface area (Å²) in [6.45, 7) is 1.54. The molecule has 1 heterocycles. The Labute approximate surface area is 169 Å². The molecule has 0 atom stereocenters. The summed E-state index contributed by atoms with van der Waals surface area (Å²) < 4.78 is 18.9. The molecule has 2 N–H and O–H groups in total. The van der Waals surface area contributed by atoms with E-state index in [1.807, 2.05) is 30.3 Å². The normalized spacial score (nSPS) is 13.5. The molecule has 0 radical (unpaired) electrons. The third-order valence-corrected chi connectivity index (χ3v) is 4.82. The lowest BCUT2D eigenvalue weighted by Crippen LogP contribution is -2.54. The minimum Gasteiger partial charge on any atom is -0.487 e. The van der Waals surface area contributed by atoms with Gasteiger partial charge in [-0.25, -0.2) is 4.39 Å². The summed E-state index contributed by atoms with van der Waals surface area (Å²) in [5.41, 5.74) is 3.50. The summed E-state index contributed by atoms with van der Waals surface area (Å²) in [4.78, 5) is 14.0. The topological polar surface area (TPSA) is 53.6 Å². The Kier molecular flexibility index (Phi) is 5.33. The van der Waals surface area contributed by atoms with Crippen molar-refractivity contribution >= 4 is 23.0 Å². The van der Waals surface area contributed by atoms with Crippen molar-refractivity contribution in [2.75, 3.05) is 30.4 Å². The van der Waals surface area contributed by atoms with E-state index in [0.717, 1.165) is 30.2 Å². The lowest BCUT2D eigenvalue weighted by atomic mass is 10.1. The molecular weight excluding hydrogens is 369 g/mol. The van der Waals surface area contributed by atoms with Crippen molar-refractivity contribution in [3.05, 3.63) is 84.2 Å². The smallest absolute Gasteiger partial charge is 0.251 e. The Morgan fingerprint density at radius 2 is 1.69 bits per heavy atom. The number of hydrogen-bond donors (Lipinski definition) is 2. The maximum Gasteiger partial charge on any atom is 0.251 e. The monoisotopic (exact) mass is 391 g/mol. The Morgan fingerprint density at radius 3 is 2.41 bits per heavy atom. The standard InChI is InChI=1S/C23H22FN3O2/c1-25-23(28)16-4-2-5-18(12-16)26-19-6-3-7-20(13-19)27-14-22(15-27)29-21-10-8-17(24)9-11-21/h2-13,22,26H,14-15H2,1H3,(H,25,28). The fourth-order valence-corrected chi connectivity index (χ4v) is 3.26. The van der Waals surface area contributed by atoms with Gasteiger partial charge in [0.25, 0.3) is 5.91 Å². The zero-order chi connectivity index (χ0) is 20.2. The Bertz CT molecular complexity index is 1000. The van der Waals surface area contributed by atoms with Gasteiger partial charge in [0.2, 0.25) is 0 Å². The summed E-state index contributed by atoms with van der Waals surface area (Å²) >= 11 is 0. The number of hydrogen-bond acceptors (Lipinski definition) is 4. The van der Waals surface area contributed by atoms with Gasteiger partial charge in [0.05, 0.1) is 13.1 Å². The maximum atomic E-state index is 13.0. The molecule has 0 unspecified atom stereocenters. The van der Waals surface area contributed by atoms with Crippen LogP contribution >= 0.6 is 0 Å². The number of ether oxygens (including phenoxy) is 1. The summed E-state index contributed by atoms with van der Waals surface area (Å²) in [5, 5.41) is 5.98. The van der Waals surface area contributed by atoms with Gasteiger partial charge in [-0.15, -0.1) is 0 Å². The number of halogens is 1. The number of benzene rings is 3. The van der Waals surface area contributed by atoms with E-state index in [4.69, 9.17) is 4.74 Å². The molecule has 0 saturated carbocycles. The minimum atomic E-state index is -0.266. The number of nitrogens with zero attached hydrogens (tertiary/aromatic N) is 1. The van der Waals surface area contributed by atoms with Crippen LogP contribution in [-0.2, 0) is 0 Å². The molecule has 1 fully saturated rings. The quantitative estimate of drug-likeness (QED) is 0.661.